The molecule has 62 heavy (non-hydrogen) atoms. The molecule has 3 aromatic heterocycles. The zero-order chi connectivity index (χ0) is 43.5. The number of fused-ring (bicyclic) bond motifs is 1. The van der Waals surface area contributed by atoms with Gasteiger partial charge in [-0.05, 0) is 66.8 Å². The van der Waals surface area contributed by atoms with Crippen LogP contribution in [-0.2, 0) is 19.1 Å². The number of hydrogen-bond acceptors (Lipinski definition) is 9. The number of benzene rings is 3. The minimum Gasteiger partial charge on any atom is -0.453 e. The van der Waals surface area contributed by atoms with Crippen molar-refractivity contribution in [3.8, 4) is 33.8 Å². The van der Waals surface area contributed by atoms with Crippen molar-refractivity contribution in [3.63, 3.8) is 0 Å². The highest BCUT2D eigenvalue weighted by Gasteiger charge is 2.39. The van der Waals surface area contributed by atoms with Gasteiger partial charge in [0.15, 0.2) is 0 Å². The Balaban J connectivity index is 0.961. The number of amides is 4. The van der Waals surface area contributed by atoms with E-state index in [1.165, 1.54) is 20.3 Å². The first-order valence-electron chi connectivity index (χ1n) is 20.7. The number of likely N-dealkylation sites (tertiary alicyclic amines) is 2. The van der Waals surface area contributed by atoms with Gasteiger partial charge in [-0.15, -0.1) is 0 Å². The number of carbonyl (C=O) groups excluding carboxylic acids is 4. The number of aromatic amines is 2. The van der Waals surface area contributed by atoms with Gasteiger partial charge >= 0.3 is 12.2 Å². The van der Waals surface area contributed by atoms with E-state index in [0.717, 1.165) is 41.3 Å². The standard InChI is InChI=1S/C46H48FN9O6/c1-26(2)39(53-45(59)61-3)43(57)55-18-8-12-37(55)41-49-24-35(51-41)29-15-14-28-22-34(48-23-31(28)20-29)32-17-16-30(21-33(32)47)36-25-50-42(52-36)38-13-9-19-56(38)44(58)40(54-46(60)62-4)27-10-6-5-7-11-27/h5-7,10-11,14-17,20-26,37-40H,8-9,12-13,18-19H2,1-4H3,(H,49,51)(H,50,52)(H,53,59)(H,54,60). The van der Waals surface area contributed by atoms with E-state index >= 15 is 4.39 Å². The Morgan fingerprint density at radius 2 is 1.31 bits per heavy atom. The summed E-state index contributed by atoms with van der Waals surface area (Å²) in [5.74, 6) is 0.200. The lowest BCUT2D eigenvalue weighted by molar-refractivity contribution is -0.135. The van der Waals surface area contributed by atoms with Crippen LogP contribution in [0, 0.1) is 11.7 Å². The molecule has 320 valence electrons. The minimum atomic E-state index is -0.938. The average Bonchev–Trinajstić information content (AvgIpc) is 4.14. The van der Waals surface area contributed by atoms with E-state index in [1.807, 2.05) is 50.2 Å². The second-order valence-electron chi connectivity index (χ2n) is 15.9. The molecule has 2 aliphatic heterocycles. The van der Waals surface area contributed by atoms with E-state index in [9.17, 15) is 19.2 Å². The Morgan fingerprint density at radius 3 is 1.92 bits per heavy atom. The maximum Gasteiger partial charge on any atom is 0.407 e. The molecular weight excluding hydrogens is 794 g/mol. The Morgan fingerprint density at radius 1 is 0.710 bits per heavy atom. The lowest BCUT2D eigenvalue weighted by atomic mass is 10.0. The first-order valence-corrected chi connectivity index (χ1v) is 20.7. The maximum atomic E-state index is 15.9. The molecule has 0 bridgehead atoms. The quantitative estimate of drug-likeness (QED) is 0.102. The number of H-pyrrole nitrogens is 2. The molecule has 16 heteroatoms. The molecule has 2 saturated heterocycles. The van der Waals surface area contributed by atoms with Gasteiger partial charge < -0.3 is 39.9 Å². The molecule has 3 aromatic carbocycles. The summed E-state index contributed by atoms with van der Waals surface area (Å²) in [6.07, 6.45) is 6.72. The van der Waals surface area contributed by atoms with Crippen molar-refractivity contribution in [1.29, 1.82) is 0 Å². The van der Waals surface area contributed by atoms with Crippen LogP contribution in [0.1, 0.15) is 74.9 Å². The lowest BCUT2D eigenvalue weighted by Gasteiger charge is -2.30. The van der Waals surface area contributed by atoms with E-state index in [-0.39, 0.29) is 29.8 Å². The number of pyridine rings is 1. The number of imidazole rings is 2. The third kappa shape index (κ3) is 8.44. The number of halogens is 1. The van der Waals surface area contributed by atoms with Crippen LogP contribution in [-0.4, -0.2) is 92.1 Å². The van der Waals surface area contributed by atoms with Gasteiger partial charge in [-0.1, -0.05) is 62.4 Å². The Kier molecular flexibility index (Phi) is 12.0. The number of hydrogen-bond donors (Lipinski definition) is 4. The van der Waals surface area contributed by atoms with Gasteiger partial charge in [0.05, 0.1) is 55.8 Å². The predicted octanol–water partition coefficient (Wildman–Crippen LogP) is 7.63. The fourth-order valence-corrected chi connectivity index (χ4v) is 8.44. The van der Waals surface area contributed by atoms with Crippen LogP contribution in [0.15, 0.2) is 91.4 Å². The number of rotatable bonds is 11. The van der Waals surface area contributed by atoms with Crippen LogP contribution < -0.4 is 10.6 Å². The molecule has 4 atom stereocenters. The molecule has 4 N–H and O–H groups in total. The number of nitrogens with one attached hydrogen (secondary N) is 4. The van der Waals surface area contributed by atoms with Crippen molar-refractivity contribution in [2.45, 2.75) is 63.7 Å². The number of aromatic nitrogens is 5. The van der Waals surface area contributed by atoms with Crippen LogP contribution in [0.3, 0.4) is 0 Å². The largest absolute Gasteiger partial charge is 0.453 e. The van der Waals surface area contributed by atoms with Crippen LogP contribution >= 0.6 is 0 Å². The molecule has 8 rings (SSSR count). The van der Waals surface area contributed by atoms with Crippen molar-refractivity contribution in [3.05, 3.63) is 114 Å². The first kappa shape index (κ1) is 41.6. The molecule has 0 saturated carbocycles. The first-order chi connectivity index (χ1) is 30.0. The number of nitrogens with zero attached hydrogens (tertiary/aromatic N) is 5. The van der Waals surface area contributed by atoms with Gasteiger partial charge in [0.1, 0.15) is 29.5 Å². The molecule has 4 amide bonds. The Labute approximate surface area is 357 Å². The molecule has 4 unspecified atom stereocenters. The zero-order valence-corrected chi connectivity index (χ0v) is 34.9. The summed E-state index contributed by atoms with van der Waals surface area (Å²) in [6.45, 7) is 4.81. The van der Waals surface area contributed by atoms with Crippen LogP contribution in [0.5, 0.6) is 0 Å². The van der Waals surface area contributed by atoms with Gasteiger partial charge in [-0.2, -0.15) is 0 Å². The predicted molar refractivity (Wildman–Crippen MR) is 229 cm³/mol. The Bertz CT molecular complexity index is 2610. The summed E-state index contributed by atoms with van der Waals surface area (Å²) in [7, 11) is 2.53. The minimum absolute atomic E-state index is 0.136. The lowest BCUT2D eigenvalue weighted by Crippen LogP contribution is -2.51. The molecule has 5 heterocycles. The highest BCUT2D eigenvalue weighted by molar-refractivity contribution is 5.90. The van der Waals surface area contributed by atoms with E-state index in [4.69, 9.17) is 9.47 Å². The highest BCUT2D eigenvalue weighted by atomic mass is 19.1. The second-order valence-corrected chi connectivity index (χ2v) is 15.9. The third-order valence-corrected chi connectivity index (χ3v) is 11.7. The molecule has 0 spiro atoms. The monoisotopic (exact) mass is 841 g/mol. The van der Waals surface area contributed by atoms with Gasteiger partial charge in [0.2, 0.25) is 5.91 Å². The van der Waals surface area contributed by atoms with E-state index in [0.29, 0.717) is 59.2 Å². The molecule has 2 fully saturated rings. The number of alkyl carbamates (subject to hydrolysis) is 2. The normalized spacial score (nSPS) is 17.3. The summed E-state index contributed by atoms with van der Waals surface area (Å²) in [5, 5.41) is 7.08. The summed E-state index contributed by atoms with van der Waals surface area (Å²) >= 11 is 0. The van der Waals surface area contributed by atoms with Gasteiger partial charge in [0.25, 0.3) is 5.91 Å². The van der Waals surface area contributed by atoms with Crippen molar-refractivity contribution in [2.24, 2.45) is 5.92 Å². The van der Waals surface area contributed by atoms with E-state index in [2.05, 4.69) is 35.6 Å². The van der Waals surface area contributed by atoms with Crippen molar-refractivity contribution in [1.82, 2.24) is 45.4 Å². The topological polar surface area (TPSA) is 188 Å². The molecule has 0 aliphatic carbocycles. The van der Waals surface area contributed by atoms with Crippen LogP contribution in [0.2, 0.25) is 0 Å². The van der Waals surface area contributed by atoms with Gasteiger partial charge in [-0.3, -0.25) is 14.6 Å². The fraction of sp³-hybridized carbons (Fsp3) is 0.326. The summed E-state index contributed by atoms with van der Waals surface area (Å²) in [5.41, 5.74) is 4.29. The molecule has 15 nitrogen and oxygen atoms in total. The second kappa shape index (κ2) is 17.9. The zero-order valence-electron chi connectivity index (χ0n) is 34.9. The van der Waals surface area contributed by atoms with Gasteiger partial charge in [-0.25, -0.2) is 23.9 Å². The average molecular weight is 842 g/mol. The smallest absolute Gasteiger partial charge is 0.407 e. The fourth-order valence-electron chi connectivity index (χ4n) is 8.44. The Hall–Kier alpha value is -7.10. The molecule has 2 aliphatic rings. The van der Waals surface area contributed by atoms with Crippen molar-refractivity contribution >= 4 is 34.8 Å². The summed E-state index contributed by atoms with van der Waals surface area (Å²) in [4.78, 5) is 75.8. The van der Waals surface area contributed by atoms with Crippen LogP contribution in [0.25, 0.3) is 44.5 Å². The SMILES string of the molecule is COC(=O)NC(C(=O)N1CCCC1c1ncc(-c2ccc(-c3cc4ccc(-c5cnc(C6CCCN6C(=O)C(NC(=O)OC)C(C)C)[nH]5)cc4cn3)c(F)c2)[nH]1)c1ccccc1. The van der Waals surface area contributed by atoms with Gasteiger partial charge in [0, 0.05) is 41.4 Å². The van der Waals surface area contributed by atoms with Crippen molar-refractivity contribution in [2.75, 3.05) is 27.3 Å². The summed E-state index contributed by atoms with van der Waals surface area (Å²) < 4.78 is 25.5. The third-order valence-electron chi connectivity index (χ3n) is 11.7. The highest BCUT2D eigenvalue weighted by Crippen LogP contribution is 2.36. The number of methoxy groups -OCH3 is 2. The van der Waals surface area contributed by atoms with Crippen molar-refractivity contribution < 1.29 is 33.0 Å². The molecule has 0 radical (unpaired) electrons. The van der Waals surface area contributed by atoms with Crippen LogP contribution in [0.4, 0.5) is 14.0 Å². The maximum absolute atomic E-state index is 15.9. The summed E-state index contributed by atoms with van der Waals surface area (Å²) in [6, 6.07) is 19.4. The molecule has 6 aromatic rings. The number of carbonyl (C=O) groups is 4. The van der Waals surface area contributed by atoms with E-state index < -0.39 is 30.1 Å². The number of ether oxygens (including phenoxy) is 2. The van der Waals surface area contributed by atoms with E-state index in [1.54, 1.807) is 58.7 Å². The molecular formula is C46H48FN9O6.